The SMILES string of the molecule is CCn1ccc2cc(-c3c(-c4ccccc4)ncn3CCOCCO)ccc21. The molecule has 0 atom stereocenters. The van der Waals surface area contributed by atoms with Crippen LogP contribution >= 0.6 is 0 Å². The van der Waals surface area contributed by atoms with Crippen LogP contribution in [0.15, 0.2) is 67.1 Å². The molecule has 0 fully saturated rings. The second-order valence-corrected chi connectivity index (χ2v) is 6.71. The average Bonchev–Trinajstić information content (AvgIpc) is 3.35. The highest BCUT2D eigenvalue weighted by atomic mass is 16.5. The molecule has 0 aliphatic carbocycles. The first-order chi connectivity index (χ1) is 13.8. The van der Waals surface area contributed by atoms with Gasteiger partial charge in [-0.2, -0.15) is 0 Å². The Labute approximate surface area is 164 Å². The molecular formula is C23H25N3O2. The van der Waals surface area contributed by atoms with Gasteiger partial charge in [-0.1, -0.05) is 36.4 Å². The fraction of sp³-hybridized carbons (Fsp3) is 0.261. The summed E-state index contributed by atoms with van der Waals surface area (Å²) < 4.78 is 9.86. The monoisotopic (exact) mass is 375 g/mol. The maximum Gasteiger partial charge on any atom is 0.0963 e. The van der Waals surface area contributed by atoms with E-state index in [-0.39, 0.29) is 6.61 Å². The molecule has 144 valence electrons. The Morgan fingerprint density at radius 2 is 1.82 bits per heavy atom. The highest BCUT2D eigenvalue weighted by Crippen LogP contribution is 2.33. The predicted octanol–water partition coefficient (Wildman–Crippen LogP) is 4.20. The number of benzene rings is 2. The average molecular weight is 375 g/mol. The smallest absolute Gasteiger partial charge is 0.0963 e. The second kappa shape index (κ2) is 8.42. The van der Waals surface area contributed by atoms with Crippen LogP contribution in [-0.4, -0.2) is 39.0 Å². The molecule has 2 heterocycles. The third kappa shape index (κ3) is 3.59. The van der Waals surface area contributed by atoms with E-state index >= 15 is 0 Å². The van der Waals surface area contributed by atoms with E-state index in [0.29, 0.717) is 19.8 Å². The first-order valence-corrected chi connectivity index (χ1v) is 9.70. The molecule has 0 unspecified atom stereocenters. The Morgan fingerprint density at radius 3 is 2.61 bits per heavy atom. The van der Waals surface area contributed by atoms with Crippen LogP contribution in [0.2, 0.25) is 0 Å². The summed E-state index contributed by atoms with van der Waals surface area (Å²) in [5.74, 6) is 0. The maximum absolute atomic E-state index is 8.93. The van der Waals surface area contributed by atoms with Crippen molar-refractivity contribution in [2.75, 3.05) is 19.8 Å². The summed E-state index contributed by atoms with van der Waals surface area (Å²) in [6.07, 6.45) is 4.01. The first-order valence-electron chi connectivity index (χ1n) is 9.70. The van der Waals surface area contributed by atoms with Gasteiger partial charge in [-0.3, -0.25) is 0 Å². The standard InChI is InChI=1S/C23H25N3O2/c1-2-25-11-10-19-16-20(8-9-21(19)25)23-22(18-6-4-3-5-7-18)24-17-26(23)12-14-28-15-13-27/h3-11,16-17,27H,2,12-15H2,1H3. The lowest BCUT2D eigenvalue weighted by Crippen LogP contribution is -2.09. The lowest BCUT2D eigenvalue weighted by molar-refractivity contribution is 0.0872. The number of fused-ring (bicyclic) bond motifs is 1. The van der Waals surface area contributed by atoms with Crippen LogP contribution in [-0.2, 0) is 17.8 Å². The van der Waals surface area contributed by atoms with Gasteiger partial charge in [-0.25, -0.2) is 4.98 Å². The minimum atomic E-state index is 0.0388. The molecule has 0 spiro atoms. The highest BCUT2D eigenvalue weighted by molar-refractivity contribution is 5.88. The van der Waals surface area contributed by atoms with Gasteiger partial charge in [-0.15, -0.1) is 0 Å². The minimum Gasteiger partial charge on any atom is -0.394 e. The summed E-state index contributed by atoms with van der Waals surface area (Å²) in [7, 11) is 0. The first kappa shape index (κ1) is 18.5. The largest absolute Gasteiger partial charge is 0.394 e. The molecule has 5 nitrogen and oxygen atoms in total. The number of aliphatic hydroxyl groups is 1. The lowest BCUT2D eigenvalue weighted by atomic mass is 10.0. The summed E-state index contributed by atoms with van der Waals surface area (Å²) in [4.78, 5) is 4.72. The van der Waals surface area contributed by atoms with Crippen molar-refractivity contribution in [1.82, 2.24) is 14.1 Å². The number of imidazole rings is 1. The van der Waals surface area contributed by atoms with Gasteiger partial charge < -0.3 is 19.0 Å². The second-order valence-electron chi connectivity index (χ2n) is 6.71. The molecule has 0 aliphatic rings. The van der Waals surface area contributed by atoms with Gasteiger partial charge in [0.1, 0.15) is 0 Å². The van der Waals surface area contributed by atoms with Gasteiger partial charge >= 0.3 is 0 Å². The fourth-order valence-corrected chi connectivity index (χ4v) is 3.61. The molecule has 2 aromatic carbocycles. The zero-order chi connectivity index (χ0) is 19.3. The molecule has 0 saturated carbocycles. The van der Waals surface area contributed by atoms with Crippen LogP contribution in [0.3, 0.4) is 0 Å². The van der Waals surface area contributed by atoms with E-state index in [9.17, 15) is 0 Å². The van der Waals surface area contributed by atoms with Gasteiger partial charge in [-0.05, 0) is 25.1 Å². The fourth-order valence-electron chi connectivity index (χ4n) is 3.61. The normalized spacial score (nSPS) is 11.4. The number of aliphatic hydroxyl groups excluding tert-OH is 1. The van der Waals surface area contributed by atoms with Crippen LogP contribution < -0.4 is 0 Å². The molecule has 0 amide bonds. The van der Waals surface area contributed by atoms with Crippen LogP contribution in [0.5, 0.6) is 0 Å². The van der Waals surface area contributed by atoms with Crippen molar-refractivity contribution in [3.8, 4) is 22.5 Å². The topological polar surface area (TPSA) is 52.2 Å². The molecule has 0 bridgehead atoms. The van der Waals surface area contributed by atoms with E-state index in [0.717, 1.165) is 29.1 Å². The van der Waals surface area contributed by atoms with E-state index in [1.165, 1.54) is 10.9 Å². The summed E-state index contributed by atoms with van der Waals surface area (Å²) in [6.45, 7) is 4.72. The van der Waals surface area contributed by atoms with Crippen LogP contribution in [0, 0.1) is 0 Å². The number of ether oxygens (including phenoxy) is 1. The van der Waals surface area contributed by atoms with Crippen molar-refractivity contribution in [2.45, 2.75) is 20.0 Å². The Balaban J connectivity index is 1.77. The van der Waals surface area contributed by atoms with Gasteiger partial charge in [0.15, 0.2) is 0 Å². The van der Waals surface area contributed by atoms with Crippen LogP contribution in [0.4, 0.5) is 0 Å². The van der Waals surface area contributed by atoms with Crippen molar-refractivity contribution < 1.29 is 9.84 Å². The van der Waals surface area contributed by atoms with Crippen LogP contribution in [0.1, 0.15) is 6.92 Å². The molecule has 2 aromatic heterocycles. The Morgan fingerprint density at radius 1 is 0.964 bits per heavy atom. The van der Waals surface area contributed by atoms with Gasteiger partial charge in [0.05, 0.1) is 37.5 Å². The van der Waals surface area contributed by atoms with Crippen LogP contribution in [0.25, 0.3) is 33.4 Å². The molecular weight excluding hydrogens is 350 g/mol. The number of hydrogen-bond donors (Lipinski definition) is 1. The van der Waals surface area contributed by atoms with Crippen molar-refractivity contribution in [3.63, 3.8) is 0 Å². The zero-order valence-corrected chi connectivity index (χ0v) is 16.1. The molecule has 28 heavy (non-hydrogen) atoms. The maximum atomic E-state index is 8.93. The molecule has 0 saturated heterocycles. The van der Waals surface area contributed by atoms with E-state index in [2.05, 4.69) is 58.7 Å². The third-order valence-electron chi connectivity index (χ3n) is 4.98. The van der Waals surface area contributed by atoms with Crippen molar-refractivity contribution in [2.24, 2.45) is 0 Å². The van der Waals surface area contributed by atoms with E-state index < -0.39 is 0 Å². The van der Waals surface area contributed by atoms with E-state index in [4.69, 9.17) is 14.8 Å². The molecule has 4 aromatic rings. The highest BCUT2D eigenvalue weighted by Gasteiger charge is 2.16. The summed E-state index contributed by atoms with van der Waals surface area (Å²) in [5, 5.41) is 10.2. The number of hydrogen-bond acceptors (Lipinski definition) is 3. The molecule has 5 heteroatoms. The molecule has 1 N–H and O–H groups in total. The minimum absolute atomic E-state index is 0.0388. The number of aromatic nitrogens is 3. The number of nitrogens with zero attached hydrogens (tertiary/aromatic N) is 3. The van der Waals surface area contributed by atoms with Crippen molar-refractivity contribution in [1.29, 1.82) is 0 Å². The summed E-state index contributed by atoms with van der Waals surface area (Å²) >= 11 is 0. The number of rotatable bonds is 8. The Kier molecular flexibility index (Phi) is 5.55. The zero-order valence-electron chi connectivity index (χ0n) is 16.1. The quantitative estimate of drug-likeness (QED) is 0.470. The molecule has 0 aliphatic heterocycles. The Bertz CT molecular complexity index is 1050. The van der Waals surface area contributed by atoms with Gasteiger partial charge in [0, 0.05) is 41.3 Å². The number of aryl methyl sites for hydroxylation is 1. The van der Waals surface area contributed by atoms with Crippen molar-refractivity contribution in [3.05, 3.63) is 67.1 Å². The van der Waals surface area contributed by atoms with Crippen molar-refractivity contribution >= 4 is 10.9 Å². The predicted molar refractivity (Wildman–Crippen MR) is 112 cm³/mol. The molecule has 4 rings (SSSR count). The summed E-state index contributed by atoms with van der Waals surface area (Å²) in [6, 6.07) is 19.0. The van der Waals surface area contributed by atoms with E-state index in [1.54, 1.807) is 0 Å². The summed E-state index contributed by atoms with van der Waals surface area (Å²) in [5.41, 5.74) is 5.53. The lowest BCUT2D eigenvalue weighted by Gasteiger charge is -2.12. The third-order valence-corrected chi connectivity index (χ3v) is 4.98. The van der Waals surface area contributed by atoms with Gasteiger partial charge in [0.25, 0.3) is 0 Å². The molecule has 0 radical (unpaired) electrons. The van der Waals surface area contributed by atoms with E-state index in [1.807, 2.05) is 24.5 Å². The van der Waals surface area contributed by atoms with Gasteiger partial charge in [0.2, 0.25) is 0 Å². The Hall–Kier alpha value is -2.89.